The van der Waals surface area contributed by atoms with Crippen LogP contribution in [0.4, 0.5) is 5.69 Å². The number of halogens is 1. The Balaban J connectivity index is 1.51. The summed E-state index contributed by atoms with van der Waals surface area (Å²) in [5.41, 5.74) is 3.44. The van der Waals surface area contributed by atoms with Gasteiger partial charge in [0, 0.05) is 32.0 Å². The molecule has 0 radical (unpaired) electrons. The Hall–Kier alpha value is -1.64. The van der Waals surface area contributed by atoms with Crippen LogP contribution in [0.25, 0.3) is 11.4 Å². The van der Waals surface area contributed by atoms with Crippen molar-refractivity contribution in [1.82, 2.24) is 14.8 Å². The average Bonchev–Trinajstić information content (AvgIpc) is 3.31. The number of rotatable bonds is 6. The van der Waals surface area contributed by atoms with Crippen LogP contribution in [0.5, 0.6) is 0 Å². The van der Waals surface area contributed by atoms with Gasteiger partial charge in [-0.3, -0.25) is 9.36 Å². The van der Waals surface area contributed by atoms with Crippen molar-refractivity contribution in [3.8, 4) is 11.4 Å². The summed E-state index contributed by atoms with van der Waals surface area (Å²) in [4.78, 5) is 13.9. The first kappa shape index (κ1) is 21.6. The van der Waals surface area contributed by atoms with Gasteiger partial charge in [-0.05, 0) is 68.9 Å². The molecule has 1 N–H and O–H groups in total. The molecular weight excluding hydrogens is 480 g/mol. The van der Waals surface area contributed by atoms with Gasteiger partial charge < -0.3 is 5.32 Å². The van der Waals surface area contributed by atoms with Gasteiger partial charge in [0.15, 0.2) is 11.0 Å². The van der Waals surface area contributed by atoms with Gasteiger partial charge in [-0.15, -0.1) is 21.5 Å². The lowest BCUT2D eigenvalue weighted by Gasteiger charge is -2.19. The lowest BCUT2D eigenvalue weighted by Crippen LogP contribution is -2.15. The van der Waals surface area contributed by atoms with E-state index >= 15 is 0 Å². The minimum atomic E-state index is -0.0518. The quantitative estimate of drug-likeness (QED) is 0.405. The van der Waals surface area contributed by atoms with Crippen molar-refractivity contribution in [2.24, 2.45) is 5.92 Å². The number of fused-ring (bicyclic) bond motifs is 1. The highest BCUT2D eigenvalue weighted by molar-refractivity contribution is 9.10. The first-order chi connectivity index (χ1) is 14.4. The molecule has 2 heterocycles. The molecule has 1 aliphatic rings. The summed E-state index contributed by atoms with van der Waals surface area (Å²) < 4.78 is 3.15. The van der Waals surface area contributed by atoms with Gasteiger partial charge in [0.05, 0.1) is 5.75 Å². The maximum Gasteiger partial charge on any atom is 0.234 e. The van der Waals surface area contributed by atoms with E-state index in [0.717, 1.165) is 39.9 Å². The molecule has 1 aromatic carbocycles. The molecule has 2 aromatic heterocycles. The first-order valence-corrected chi connectivity index (χ1v) is 12.8. The molecule has 4 rings (SSSR count). The fraction of sp³-hybridized carbons (Fsp3) is 0.409. The van der Waals surface area contributed by atoms with Gasteiger partial charge in [-0.25, -0.2) is 0 Å². The molecule has 0 saturated carbocycles. The van der Waals surface area contributed by atoms with E-state index in [1.807, 2.05) is 35.6 Å². The summed E-state index contributed by atoms with van der Waals surface area (Å²) >= 11 is 6.68. The van der Waals surface area contributed by atoms with Crippen LogP contribution < -0.4 is 5.32 Å². The zero-order valence-corrected chi connectivity index (χ0v) is 20.5. The van der Waals surface area contributed by atoms with E-state index in [9.17, 15) is 4.79 Å². The summed E-state index contributed by atoms with van der Waals surface area (Å²) in [7, 11) is 0. The van der Waals surface area contributed by atoms with Crippen LogP contribution in [0.1, 0.15) is 43.7 Å². The van der Waals surface area contributed by atoms with Crippen molar-refractivity contribution in [2.75, 3.05) is 11.1 Å². The minimum absolute atomic E-state index is 0.0518. The molecule has 0 saturated heterocycles. The molecule has 0 bridgehead atoms. The van der Waals surface area contributed by atoms with E-state index in [1.165, 1.54) is 34.2 Å². The predicted octanol–water partition coefficient (Wildman–Crippen LogP) is 6.21. The number of carbonyl (C=O) groups excluding carboxylic acids is 1. The zero-order chi connectivity index (χ0) is 21.3. The molecule has 0 spiro atoms. The number of anilines is 1. The van der Waals surface area contributed by atoms with Crippen molar-refractivity contribution in [3.63, 3.8) is 0 Å². The molecule has 1 amide bonds. The van der Waals surface area contributed by atoms with Gasteiger partial charge >= 0.3 is 0 Å². The third kappa shape index (κ3) is 4.65. The van der Waals surface area contributed by atoms with E-state index in [2.05, 4.69) is 62.2 Å². The molecular formula is C22H25BrN4OS2. The van der Waals surface area contributed by atoms with Gasteiger partial charge in [0.1, 0.15) is 0 Å². The third-order valence-corrected chi connectivity index (χ3v) is 7.81. The van der Waals surface area contributed by atoms with Gasteiger partial charge in [-0.2, -0.15) is 0 Å². The monoisotopic (exact) mass is 504 g/mol. The van der Waals surface area contributed by atoms with Crippen molar-refractivity contribution in [2.45, 2.75) is 51.2 Å². The lowest BCUT2D eigenvalue weighted by atomic mass is 9.88. The first-order valence-electron chi connectivity index (χ1n) is 10.1. The van der Waals surface area contributed by atoms with Gasteiger partial charge in [-0.1, -0.05) is 34.6 Å². The summed E-state index contributed by atoms with van der Waals surface area (Å²) in [6, 6.07) is 7.79. The summed E-state index contributed by atoms with van der Waals surface area (Å²) in [6.45, 7) is 6.60. The largest absolute Gasteiger partial charge is 0.325 e. The lowest BCUT2D eigenvalue weighted by molar-refractivity contribution is -0.113. The third-order valence-electron chi connectivity index (χ3n) is 5.28. The highest BCUT2D eigenvalue weighted by Gasteiger charge is 2.25. The highest BCUT2D eigenvalue weighted by atomic mass is 79.9. The van der Waals surface area contributed by atoms with Crippen LogP contribution in [-0.4, -0.2) is 26.4 Å². The van der Waals surface area contributed by atoms with E-state index in [1.54, 1.807) is 0 Å². The number of thiophene rings is 1. The topological polar surface area (TPSA) is 59.8 Å². The van der Waals surface area contributed by atoms with Crippen LogP contribution in [0.3, 0.4) is 0 Å². The fourth-order valence-corrected chi connectivity index (χ4v) is 6.12. The number of thioether (sulfide) groups is 1. The zero-order valence-electron chi connectivity index (χ0n) is 17.3. The Morgan fingerprint density at radius 1 is 1.33 bits per heavy atom. The fourth-order valence-electron chi connectivity index (χ4n) is 3.75. The molecule has 0 fully saturated rings. The number of nitrogens with one attached hydrogen (secondary N) is 1. The molecule has 30 heavy (non-hydrogen) atoms. The van der Waals surface area contributed by atoms with Gasteiger partial charge in [0.25, 0.3) is 0 Å². The molecule has 0 aliphatic heterocycles. The Morgan fingerprint density at radius 2 is 2.10 bits per heavy atom. The molecule has 158 valence electrons. The Bertz CT molecular complexity index is 1040. The SMILES string of the molecule is CC1CCc2c(-c3nnc(SCC(=O)Nc4ccc(Br)cc4)n3C(C)C)csc2C1. The van der Waals surface area contributed by atoms with Crippen LogP contribution in [0, 0.1) is 5.92 Å². The summed E-state index contributed by atoms with van der Waals surface area (Å²) in [5, 5.41) is 14.9. The Labute approximate surface area is 193 Å². The van der Waals surface area contributed by atoms with E-state index < -0.39 is 0 Å². The number of nitrogens with zero attached hydrogens (tertiary/aromatic N) is 3. The standard InChI is InChI=1S/C22H25BrN4OS2/c1-13(2)27-21(18-11-29-19-10-14(3)4-9-17(18)19)25-26-22(27)30-12-20(28)24-16-7-5-15(23)6-8-16/h5-8,11,13-14H,4,9-10,12H2,1-3H3,(H,24,28). The second kappa shape index (κ2) is 9.24. The van der Waals surface area contributed by atoms with E-state index in [-0.39, 0.29) is 11.9 Å². The number of amides is 1. The van der Waals surface area contributed by atoms with Crippen molar-refractivity contribution in [3.05, 3.63) is 44.6 Å². The molecule has 1 aliphatic carbocycles. The summed E-state index contributed by atoms with van der Waals surface area (Å²) in [5.74, 6) is 1.92. The molecule has 1 unspecified atom stereocenters. The molecule has 1 atom stereocenters. The highest BCUT2D eigenvalue weighted by Crippen LogP contribution is 2.39. The minimum Gasteiger partial charge on any atom is -0.325 e. The van der Waals surface area contributed by atoms with E-state index in [4.69, 9.17) is 0 Å². The van der Waals surface area contributed by atoms with Crippen LogP contribution >= 0.6 is 39.0 Å². The second-order valence-corrected chi connectivity index (χ2v) is 10.8. The van der Waals surface area contributed by atoms with Crippen molar-refractivity contribution in [1.29, 1.82) is 0 Å². The van der Waals surface area contributed by atoms with Crippen LogP contribution in [0.15, 0.2) is 39.3 Å². The number of hydrogen-bond donors (Lipinski definition) is 1. The molecule has 8 heteroatoms. The van der Waals surface area contributed by atoms with E-state index in [0.29, 0.717) is 5.75 Å². The van der Waals surface area contributed by atoms with Crippen molar-refractivity contribution >= 4 is 50.6 Å². The second-order valence-electron chi connectivity index (χ2n) is 8.01. The Morgan fingerprint density at radius 3 is 2.83 bits per heavy atom. The normalized spacial score (nSPS) is 16.0. The van der Waals surface area contributed by atoms with Gasteiger partial charge in [0.2, 0.25) is 5.91 Å². The number of carbonyl (C=O) groups is 1. The van der Waals surface area contributed by atoms with Crippen LogP contribution in [-0.2, 0) is 17.6 Å². The number of aromatic nitrogens is 3. The smallest absolute Gasteiger partial charge is 0.234 e. The Kier molecular flexibility index (Phi) is 6.65. The molecule has 5 nitrogen and oxygen atoms in total. The number of hydrogen-bond acceptors (Lipinski definition) is 5. The predicted molar refractivity (Wildman–Crippen MR) is 128 cm³/mol. The average molecular weight is 506 g/mol. The maximum atomic E-state index is 12.4. The van der Waals surface area contributed by atoms with Crippen molar-refractivity contribution < 1.29 is 4.79 Å². The maximum absolute atomic E-state index is 12.4. The molecule has 3 aromatic rings. The number of benzene rings is 1. The summed E-state index contributed by atoms with van der Waals surface area (Å²) in [6.07, 6.45) is 3.50. The van der Waals surface area contributed by atoms with Crippen LogP contribution in [0.2, 0.25) is 0 Å².